The van der Waals surface area contributed by atoms with E-state index in [0.717, 1.165) is 17.8 Å². The van der Waals surface area contributed by atoms with Crippen molar-refractivity contribution in [3.63, 3.8) is 0 Å². The summed E-state index contributed by atoms with van der Waals surface area (Å²) < 4.78 is 0. The Morgan fingerprint density at radius 1 is 1.13 bits per heavy atom. The lowest BCUT2D eigenvalue weighted by Crippen LogP contribution is -2.55. The molecule has 0 radical (unpaired) electrons. The standard InChI is InChI=1S/C20H24N2O/c1-13(22-19(23)18-4-2-14(12-21)3-5-18)20-9-15-6-16(10-20)8-17(7-15)11-20/h2-5,13,15-17H,6-11H2,1H3,(H,22,23)/t13-,15?,16?,17?,20?/m0/s1. The molecule has 0 spiro atoms. The Hall–Kier alpha value is -1.82. The maximum absolute atomic E-state index is 12.6. The largest absolute Gasteiger partial charge is 0.349 e. The number of hydrogen-bond donors (Lipinski definition) is 1. The van der Waals surface area contributed by atoms with Gasteiger partial charge in [0.05, 0.1) is 11.6 Å². The third-order valence-corrected chi connectivity index (χ3v) is 6.63. The van der Waals surface area contributed by atoms with Crippen LogP contribution in [0.1, 0.15) is 61.4 Å². The fourth-order valence-electron chi connectivity index (χ4n) is 5.84. The van der Waals surface area contributed by atoms with Crippen LogP contribution in [0.4, 0.5) is 0 Å². The van der Waals surface area contributed by atoms with Gasteiger partial charge in [-0.2, -0.15) is 5.26 Å². The maximum Gasteiger partial charge on any atom is 0.251 e. The molecule has 3 nitrogen and oxygen atoms in total. The van der Waals surface area contributed by atoms with Gasteiger partial charge in [-0.1, -0.05) is 0 Å². The third-order valence-electron chi connectivity index (χ3n) is 6.63. The molecule has 120 valence electrons. The predicted molar refractivity (Wildman–Crippen MR) is 88.7 cm³/mol. The van der Waals surface area contributed by atoms with Gasteiger partial charge in [0, 0.05) is 11.6 Å². The van der Waals surface area contributed by atoms with Crippen molar-refractivity contribution in [1.82, 2.24) is 5.32 Å². The average molecular weight is 308 g/mol. The van der Waals surface area contributed by atoms with Crippen LogP contribution in [0.2, 0.25) is 0 Å². The molecule has 1 N–H and O–H groups in total. The summed E-state index contributed by atoms with van der Waals surface area (Å²) in [6.07, 6.45) is 8.18. The topological polar surface area (TPSA) is 52.9 Å². The summed E-state index contributed by atoms with van der Waals surface area (Å²) in [7, 11) is 0. The van der Waals surface area contributed by atoms with Gasteiger partial charge in [0.1, 0.15) is 0 Å². The highest BCUT2D eigenvalue weighted by molar-refractivity contribution is 5.94. The summed E-state index contributed by atoms with van der Waals surface area (Å²) in [5.41, 5.74) is 1.58. The molecule has 0 unspecified atom stereocenters. The molecule has 0 aromatic heterocycles. The number of nitrogens with one attached hydrogen (secondary N) is 1. The van der Waals surface area contributed by atoms with Crippen molar-refractivity contribution in [1.29, 1.82) is 5.26 Å². The van der Waals surface area contributed by atoms with Gasteiger partial charge in [0.2, 0.25) is 0 Å². The van der Waals surface area contributed by atoms with Crippen LogP contribution in [0, 0.1) is 34.5 Å². The van der Waals surface area contributed by atoms with E-state index in [9.17, 15) is 4.79 Å². The van der Waals surface area contributed by atoms with Crippen molar-refractivity contribution in [2.45, 2.75) is 51.5 Å². The number of nitriles is 1. The molecule has 23 heavy (non-hydrogen) atoms. The molecule has 4 saturated carbocycles. The van der Waals surface area contributed by atoms with E-state index in [2.05, 4.69) is 18.3 Å². The minimum absolute atomic E-state index is 0.00210. The highest BCUT2D eigenvalue weighted by Gasteiger charge is 2.53. The van der Waals surface area contributed by atoms with Crippen molar-refractivity contribution in [2.75, 3.05) is 0 Å². The number of hydrogen-bond acceptors (Lipinski definition) is 2. The van der Waals surface area contributed by atoms with Gasteiger partial charge in [-0.25, -0.2) is 0 Å². The molecule has 4 aliphatic rings. The average Bonchev–Trinajstić information content (AvgIpc) is 2.53. The molecule has 4 aliphatic carbocycles. The smallest absolute Gasteiger partial charge is 0.251 e. The van der Waals surface area contributed by atoms with E-state index in [1.807, 2.05) is 0 Å². The van der Waals surface area contributed by atoms with Crippen LogP contribution < -0.4 is 5.32 Å². The Bertz CT molecular complexity index is 620. The predicted octanol–water partition coefficient (Wildman–Crippen LogP) is 3.89. The molecule has 0 heterocycles. The van der Waals surface area contributed by atoms with Gasteiger partial charge in [-0.15, -0.1) is 0 Å². The molecule has 5 rings (SSSR count). The molecule has 3 heteroatoms. The summed E-state index contributed by atoms with van der Waals surface area (Å²) >= 11 is 0. The minimum Gasteiger partial charge on any atom is -0.349 e. The summed E-state index contributed by atoms with van der Waals surface area (Å²) in [5, 5.41) is 12.1. The first-order valence-electron chi connectivity index (χ1n) is 8.89. The fraction of sp³-hybridized carbons (Fsp3) is 0.600. The lowest BCUT2D eigenvalue weighted by Gasteiger charge is -2.59. The first kappa shape index (κ1) is 14.8. The van der Waals surface area contributed by atoms with Gasteiger partial charge in [-0.05, 0) is 92.9 Å². The van der Waals surface area contributed by atoms with Gasteiger partial charge in [-0.3, -0.25) is 4.79 Å². The number of amides is 1. The summed E-state index contributed by atoms with van der Waals surface area (Å²) in [6.45, 7) is 2.20. The van der Waals surface area contributed by atoms with Crippen molar-refractivity contribution in [3.05, 3.63) is 35.4 Å². The number of carbonyl (C=O) groups excluding carboxylic acids is 1. The Balaban J connectivity index is 1.48. The normalized spacial score (nSPS) is 35.6. The highest BCUT2D eigenvalue weighted by atomic mass is 16.1. The molecule has 4 bridgehead atoms. The van der Waals surface area contributed by atoms with Crippen molar-refractivity contribution < 1.29 is 4.79 Å². The third kappa shape index (κ3) is 2.55. The van der Waals surface area contributed by atoms with E-state index >= 15 is 0 Å². The maximum atomic E-state index is 12.6. The van der Waals surface area contributed by atoms with Crippen LogP contribution >= 0.6 is 0 Å². The van der Waals surface area contributed by atoms with E-state index < -0.39 is 0 Å². The first-order valence-corrected chi connectivity index (χ1v) is 8.89. The Kier molecular flexibility index (Phi) is 3.44. The number of rotatable bonds is 3. The van der Waals surface area contributed by atoms with Crippen LogP contribution in [0.25, 0.3) is 0 Å². The Labute approximate surface area is 138 Å². The second-order valence-electron chi connectivity index (χ2n) is 8.16. The van der Waals surface area contributed by atoms with Gasteiger partial charge >= 0.3 is 0 Å². The van der Waals surface area contributed by atoms with E-state index in [1.54, 1.807) is 24.3 Å². The quantitative estimate of drug-likeness (QED) is 0.921. The zero-order valence-corrected chi connectivity index (χ0v) is 13.7. The second-order valence-corrected chi connectivity index (χ2v) is 8.16. The van der Waals surface area contributed by atoms with Crippen molar-refractivity contribution >= 4 is 5.91 Å². The van der Waals surface area contributed by atoms with Crippen LogP contribution in [-0.2, 0) is 0 Å². The van der Waals surface area contributed by atoms with Gasteiger partial charge < -0.3 is 5.32 Å². The molecular weight excluding hydrogens is 284 g/mol. The lowest BCUT2D eigenvalue weighted by molar-refractivity contribution is -0.0688. The molecule has 1 atom stereocenters. The highest BCUT2D eigenvalue weighted by Crippen LogP contribution is 2.61. The number of benzene rings is 1. The molecular formula is C20H24N2O. The molecule has 1 amide bonds. The minimum atomic E-state index is -0.00210. The van der Waals surface area contributed by atoms with E-state index in [4.69, 9.17) is 5.26 Å². The fourth-order valence-corrected chi connectivity index (χ4v) is 5.84. The zero-order valence-electron chi connectivity index (χ0n) is 13.7. The summed E-state index contributed by atoms with van der Waals surface area (Å²) in [4.78, 5) is 12.6. The second kappa shape index (κ2) is 5.37. The molecule has 1 aromatic rings. The van der Waals surface area contributed by atoms with E-state index in [0.29, 0.717) is 16.5 Å². The zero-order chi connectivity index (χ0) is 16.0. The Morgan fingerprint density at radius 2 is 1.65 bits per heavy atom. The van der Waals surface area contributed by atoms with Crippen molar-refractivity contribution in [3.8, 4) is 6.07 Å². The molecule has 1 aromatic carbocycles. The first-order chi connectivity index (χ1) is 11.1. The van der Waals surface area contributed by atoms with Crippen LogP contribution in [0.15, 0.2) is 24.3 Å². The molecule has 4 fully saturated rings. The van der Waals surface area contributed by atoms with Crippen LogP contribution in [0.5, 0.6) is 0 Å². The number of carbonyl (C=O) groups is 1. The monoisotopic (exact) mass is 308 g/mol. The van der Waals surface area contributed by atoms with E-state index in [1.165, 1.54) is 38.5 Å². The summed E-state index contributed by atoms with van der Waals surface area (Å²) in [6, 6.07) is 9.25. The number of nitrogens with zero attached hydrogens (tertiary/aromatic N) is 1. The molecule has 0 saturated heterocycles. The van der Waals surface area contributed by atoms with Crippen molar-refractivity contribution in [2.24, 2.45) is 23.2 Å². The molecule has 0 aliphatic heterocycles. The van der Waals surface area contributed by atoms with Gasteiger partial charge in [0.15, 0.2) is 0 Å². The van der Waals surface area contributed by atoms with Gasteiger partial charge in [0.25, 0.3) is 5.91 Å². The van der Waals surface area contributed by atoms with Crippen LogP contribution in [-0.4, -0.2) is 11.9 Å². The summed E-state index contributed by atoms with van der Waals surface area (Å²) in [5.74, 6) is 2.69. The lowest BCUT2D eigenvalue weighted by atomic mass is 9.48. The Morgan fingerprint density at radius 3 is 2.13 bits per heavy atom. The van der Waals surface area contributed by atoms with Crippen LogP contribution in [0.3, 0.4) is 0 Å². The SMILES string of the molecule is C[C@H](NC(=O)c1ccc(C#N)cc1)C12CC3CC(CC(C3)C1)C2. The van der Waals surface area contributed by atoms with E-state index in [-0.39, 0.29) is 11.9 Å².